The van der Waals surface area contributed by atoms with Crippen molar-refractivity contribution in [3.8, 4) is 11.5 Å². The summed E-state index contributed by atoms with van der Waals surface area (Å²) >= 11 is 14.7. The molecule has 1 unspecified atom stereocenters. The van der Waals surface area contributed by atoms with Crippen molar-refractivity contribution in [2.75, 3.05) is 13.2 Å². The number of hydrogen-bond donors (Lipinski definition) is 0. The Balaban J connectivity index is 1.95. The Kier molecular flexibility index (Phi) is 4.63. The smallest absolute Gasteiger partial charge is 0.162 e. The number of thiophene rings is 1. The van der Waals surface area contributed by atoms with Gasteiger partial charge in [0.25, 0.3) is 0 Å². The zero-order chi connectivity index (χ0) is 14.8. The van der Waals surface area contributed by atoms with Crippen LogP contribution in [0.15, 0.2) is 24.3 Å². The summed E-state index contributed by atoms with van der Waals surface area (Å²) in [6.07, 6.45) is 1.89. The molecule has 0 fully saturated rings. The number of ether oxygens (including phenoxy) is 2. The van der Waals surface area contributed by atoms with Crippen LogP contribution in [0, 0.1) is 0 Å². The van der Waals surface area contributed by atoms with E-state index in [0.717, 1.165) is 29.0 Å². The minimum atomic E-state index is -0.264. The van der Waals surface area contributed by atoms with Crippen LogP contribution in [0.25, 0.3) is 0 Å². The lowest BCUT2D eigenvalue weighted by atomic mass is 10.1. The van der Waals surface area contributed by atoms with Crippen LogP contribution in [0.4, 0.5) is 0 Å². The van der Waals surface area contributed by atoms with Crippen molar-refractivity contribution >= 4 is 34.5 Å². The monoisotopic (exact) mass is 342 g/mol. The van der Waals surface area contributed by atoms with Gasteiger partial charge in [-0.3, -0.25) is 0 Å². The molecule has 1 atom stereocenters. The van der Waals surface area contributed by atoms with Crippen molar-refractivity contribution in [3.63, 3.8) is 0 Å². The molecule has 3 rings (SSSR count). The van der Waals surface area contributed by atoms with Gasteiger partial charge in [-0.15, -0.1) is 22.9 Å². The molecule has 2 nitrogen and oxygen atoms in total. The molecule has 0 saturated carbocycles. The number of hydrogen-bond acceptors (Lipinski definition) is 3. The Hall–Kier alpha value is -0.900. The van der Waals surface area contributed by atoms with Gasteiger partial charge < -0.3 is 9.47 Å². The van der Waals surface area contributed by atoms with Gasteiger partial charge in [0.15, 0.2) is 11.5 Å². The lowest BCUT2D eigenvalue weighted by molar-refractivity contribution is 0.297. The van der Waals surface area contributed by atoms with Gasteiger partial charge in [0.05, 0.1) is 18.6 Å². The zero-order valence-electron chi connectivity index (χ0n) is 11.7. The Morgan fingerprint density at radius 2 is 1.90 bits per heavy atom. The first-order valence-electron chi connectivity index (χ1n) is 7.00. The quantitative estimate of drug-likeness (QED) is 0.690. The molecule has 1 aromatic carbocycles. The van der Waals surface area contributed by atoms with Crippen LogP contribution in [0.3, 0.4) is 0 Å². The zero-order valence-corrected chi connectivity index (χ0v) is 14.0. The van der Waals surface area contributed by atoms with Gasteiger partial charge in [0, 0.05) is 27.3 Å². The SMILES string of the molecule is CCc1ccc(C(Cl)c2cc3c(cc2Cl)OCCCO3)s1. The van der Waals surface area contributed by atoms with Gasteiger partial charge in [0.1, 0.15) is 0 Å². The molecule has 1 aromatic heterocycles. The molecule has 0 aliphatic carbocycles. The van der Waals surface area contributed by atoms with Crippen molar-refractivity contribution in [3.05, 3.63) is 44.6 Å². The minimum Gasteiger partial charge on any atom is -0.490 e. The van der Waals surface area contributed by atoms with Crippen molar-refractivity contribution in [1.29, 1.82) is 0 Å². The molecule has 0 spiro atoms. The van der Waals surface area contributed by atoms with E-state index in [1.807, 2.05) is 6.07 Å². The van der Waals surface area contributed by atoms with Crippen LogP contribution in [-0.4, -0.2) is 13.2 Å². The van der Waals surface area contributed by atoms with Crippen molar-refractivity contribution in [2.24, 2.45) is 0 Å². The largest absolute Gasteiger partial charge is 0.490 e. The van der Waals surface area contributed by atoms with E-state index in [2.05, 4.69) is 19.1 Å². The maximum absolute atomic E-state index is 6.62. The fourth-order valence-electron chi connectivity index (χ4n) is 2.27. The van der Waals surface area contributed by atoms with Gasteiger partial charge in [-0.2, -0.15) is 0 Å². The highest BCUT2D eigenvalue weighted by Crippen LogP contribution is 2.42. The van der Waals surface area contributed by atoms with E-state index in [-0.39, 0.29) is 5.38 Å². The van der Waals surface area contributed by atoms with Crippen LogP contribution in [0.1, 0.15) is 34.0 Å². The molecule has 1 aliphatic heterocycles. The molecule has 0 saturated heterocycles. The summed E-state index contributed by atoms with van der Waals surface area (Å²) < 4.78 is 11.4. The summed E-state index contributed by atoms with van der Waals surface area (Å²) in [5.41, 5.74) is 0.868. The number of rotatable bonds is 3. The molecule has 5 heteroatoms. The molecule has 2 heterocycles. The van der Waals surface area contributed by atoms with E-state index in [1.165, 1.54) is 4.88 Å². The van der Waals surface area contributed by atoms with E-state index in [0.29, 0.717) is 24.0 Å². The number of fused-ring (bicyclic) bond motifs is 1. The highest BCUT2D eigenvalue weighted by molar-refractivity contribution is 7.12. The highest BCUT2D eigenvalue weighted by Gasteiger charge is 2.21. The Morgan fingerprint density at radius 1 is 1.19 bits per heavy atom. The Bertz CT molecular complexity index is 639. The minimum absolute atomic E-state index is 0.264. The first kappa shape index (κ1) is 15.0. The summed E-state index contributed by atoms with van der Waals surface area (Å²) in [7, 11) is 0. The van der Waals surface area contributed by atoms with Gasteiger partial charge in [-0.1, -0.05) is 18.5 Å². The highest BCUT2D eigenvalue weighted by atomic mass is 35.5. The molecule has 0 N–H and O–H groups in total. The molecule has 0 radical (unpaired) electrons. The summed E-state index contributed by atoms with van der Waals surface area (Å²) in [5.74, 6) is 1.43. The molecule has 1 aliphatic rings. The fraction of sp³-hybridized carbons (Fsp3) is 0.375. The standard InChI is InChI=1S/C16H16Cl2O2S/c1-2-10-4-5-15(21-10)16(18)11-8-13-14(9-12(11)17)20-7-3-6-19-13/h4-5,8-9,16H,2-3,6-7H2,1H3. The lowest BCUT2D eigenvalue weighted by Crippen LogP contribution is -1.97. The predicted octanol–water partition coefficient (Wildman–Crippen LogP) is 5.45. The first-order valence-corrected chi connectivity index (χ1v) is 8.64. The van der Waals surface area contributed by atoms with E-state index in [1.54, 1.807) is 17.4 Å². The van der Waals surface area contributed by atoms with Crippen LogP contribution in [0.2, 0.25) is 5.02 Å². The summed E-state index contributed by atoms with van der Waals surface area (Å²) in [4.78, 5) is 2.42. The molecule has 0 bridgehead atoms. The van der Waals surface area contributed by atoms with Crippen molar-refractivity contribution in [1.82, 2.24) is 0 Å². The Labute approximate surface area is 138 Å². The average Bonchev–Trinajstić information content (AvgIpc) is 2.86. The van der Waals surface area contributed by atoms with E-state index in [9.17, 15) is 0 Å². The van der Waals surface area contributed by atoms with Gasteiger partial charge in [-0.05, 0) is 30.2 Å². The van der Waals surface area contributed by atoms with Crippen LogP contribution in [0.5, 0.6) is 11.5 Å². The second-order valence-electron chi connectivity index (χ2n) is 4.89. The average molecular weight is 343 g/mol. The van der Waals surface area contributed by atoms with Gasteiger partial charge in [0.2, 0.25) is 0 Å². The molecule has 2 aromatic rings. The molecule has 0 amide bonds. The topological polar surface area (TPSA) is 18.5 Å². The number of benzene rings is 1. The van der Waals surface area contributed by atoms with E-state index < -0.39 is 0 Å². The molecular weight excluding hydrogens is 327 g/mol. The van der Waals surface area contributed by atoms with Crippen molar-refractivity contribution < 1.29 is 9.47 Å². The third-order valence-electron chi connectivity index (χ3n) is 3.42. The maximum atomic E-state index is 6.62. The van der Waals surface area contributed by atoms with Crippen LogP contribution >= 0.6 is 34.5 Å². The first-order chi connectivity index (χ1) is 10.2. The normalized spacial score (nSPS) is 15.6. The molecule has 112 valence electrons. The fourth-order valence-corrected chi connectivity index (χ4v) is 3.92. The maximum Gasteiger partial charge on any atom is 0.162 e. The predicted molar refractivity (Wildman–Crippen MR) is 88.5 cm³/mol. The third kappa shape index (κ3) is 3.15. The van der Waals surface area contributed by atoms with Crippen LogP contribution in [-0.2, 0) is 6.42 Å². The number of alkyl halides is 1. The lowest BCUT2D eigenvalue weighted by Gasteiger charge is -2.14. The molecule has 21 heavy (non-hydrogen) atoms. The number of halogens is 2. The van der Waals surface area contributed by atoms with Crippen LogP contribution < -0.4 is 9.47 Å². The van der Waals surface area contributed by atoms with Gasteiger partial charge in [-0.25, -0.2) is 0 Å². The number of aryl methyl sites for hydroxylation is 1. The van der Waals surface area contributed by atoms with E-state index in [4.69, 9.17) is 32.7 Å². The van der Waals surface area contributed by atoms with Crippen molar-refractivity contribution in [2.45, 2.75) is 25.1 Å². The Morgan fingerprint density at radius 3 is 2.57 bits per heavy atom. The second kappa shape index (κ2) is 6.47. The summed E-state index contributed by atoms with van der Waals surface area (Å²) in [6, 6.07) is 7.90. The molecular formula is C16H16Cl2O2S. The van der Waals surface area contributed by atoms with E-state index >= 15 is 0 Å². The van der Waals surface area contributed by atoms with Gasteiger partial charge >= 0.3 is 0 Å². The summed E-state index contributed by atoms with van der Waals surface area (Å²) in [6.45, 7) is 3.44. The summed E-state index contributed by atoms with van der Waals surface area (Å²) in [5, 5.41) is 0.352. The second-order valence-corrected chi connectivity index (χ2v) is 6.93. The third-order valence-corrected chi connectivity index (χ3v) is 5.64.